The Balaban J connectivity index is 1.72. The lowest BCUT2D eigenvalue weighted by molar-refractivity contribution is -0.169. The Hall–Kier alpha value is -1.56. The van der Waals surface area contributed by atoms with Crippen LogP contribution in [0.3, 0.4) is 0 Å². The average Bonchev–Trinajstić information content (AvgIpc) is 2.51. The third-order valence-electron chi connectivity index (χ3n) is 3.98. The number of benzene rings is 1. The molecule has 0 aromatic heterocycles. The molecule has 1 aliphatic rings. The smallest absolute Gasteiger partial charge is 0.335 e. The highest BCUT2D eigenvalue weighted by Crippen LogP contribution is 2.25. The topological polar surface area (TPSA) is 50.8 Å². The highest BCUT2D eigenvalue weighted by molar-refractivity contribution is 6.30. The first kappa shape index (κ1) is 17.8. The number of nitrogens with zero attached hydrogens (tertiary/aromatic N) is 1. The third kappa shape index (κ3) is 5.53. The maximum Gasteiger partial charge on any atom is 0.335 e. The maximum absolute atomic E-state index is 11.9. The van der Waals surface area contributed by atoms with Crippen LogP contribution >= 0.6 is 11.6 Å². The van der Waals surface area contributed by atoms with E-state index in [9.17, 15) is 4.79 Å². The molecule has 6 heteroatoms. The first-order chi connectivity index (χ1) is 10.9. The van der Waals surface area contributed by atoms with Crippen molar-refractivity contribution in [3.05, 3.63) is 41.4 Å². The summed E-state index contributed by atoms with van der Waals surface area (Å²) in [5.74, 6) is -0.381. The van der Waals surface area contributed by atoms with Crippen molar-refractivity contribution >= 4 is 23.3 Å². The molecule has 1 aliphatic heterocycles. The highest BCUT2D eigenvalue weighted by atomic mass is 35.5. The molecule has 1 aromatic rings. The summed E-state index contributed by atoms with van der Waals surface area (Å²) in [6.45, 7) is 7.51. The molecular weight excluding hydrogens is 316 g/mol. The predicted octanol–water partition coefficient (Wildman–Crippen LogP) is 2.86. The fourth-order valence-electron chi connectivity index (χ4n) is 2.39. The van der Waals surface area contributed by atoms with Gasteiger partial charge in [0.15, 0.2) is 6.61 Å². The molecule has 0 amide bonds. The lowest BCUT2D eigenvalue weighted by Crippen LogP contribution is -2.44. The van der Waals surface area contributed by atoms with Gasteiger partial charge in [-0.15, -0.1) is 0 Å². The van der Waals surface area contributed by atoms with Crippen LogP contribution in [0.4, 0.5) is 0 Å². The highest BCUT2D eigenvalue weighted by Gasteiger charge is 2.32. The summed E-state index contributed by atoms with van der Waals surface area (Å²) >= 11 is 5.83. The summed E-state index contributed by atoms with van der Waals surface area (Å²) < 4.78 is 5.55. The van der Waals surface area contributed by atoms with E-state index in [0.29, 0.717) is 10.7 Å². The van der Waals surface area contributed by atoms with E-state index in [2.05, 4.69) is 24.0 Å². The van der Waals surface area contributed by atoms with E-state index < -0.39 is 5.60 Å². The van der Waals surface area contributed by atoms with Crippen molar-refractivity contribution in [1.82, 2.24) is 10.4 Å². The Labute approximate surface area is 142 Å². The molecule has 126 valence electrons. The zero-order valence-corrected chi connectivity index (χ0v) is 14.4. The van der Waals surface area contributed by atoms with Crippen molar-refractivity contribution in [3.63, 3.8) is 0 Å². The quantitative estimate of drug-likeness (QED) is 0.638. The summed E-state index contributed by atoms with van der Waals surface area (Å²) in [6, 6.07) is 7.16. The maximum atomic E-state index is 11.9. The summed E-state index contributed by atoms with van der Waals surface area (Å²) in [4.78, 5) is 19.3. The Kier molecular flexibility index (Phi) is 6.04. The summed E-state index contributed by atoms with van der Waals surface area (Å²) in [7, 11) is 2.07. The third-order valence-corrected chi connectivity index (χ3v) is 4.24. The number of nitrogens with one attached hydrogen (secondary N) is 1. The molecule has 0 atom stereocenters. The van der Waals surface area contributed by atoms with Crippen LogP contribution in [0.5, 0.6) is 0 Å². The number of hydrogen-bond donors (Lipinski definition) is 1. The molecule has 1 fully saturated rings. The number of halogens is 1. The lowest BCUT2D eigenvalue weighted by atomic mass is 9.94. The Morgan fingerprint density at radius 2 is 1.96 bits per heavy atom. The molecule has 0 saturated carbocycles. The van der Waals surface area contributed by atoms with Gasteiger partial charge in [-0.05, 0) is 44.5 Å². The molecule has 0 unspecified atom stereocenters. The number of ether oxygens (including phenoxy) is 1. The van der Waals surface area contributed by atoms with Crippen LogP contribution in [-0.4, -0.2) is 43.2 Å². The Morgan fingerprint density at radius 1 is 1.35 bits per heavy atom. The second-order valence-electron chi connectivity index (χ2n) is 6.10. The van der Waals surface area contributed by atoms with E-state index in [1.165, 1.54) is 0 Å². The summed E-state index contributed by atoms with van der Waals surface area (Å²) in [6.07, 6.45) is 1.67. The van der Waals surface area contributed by atoms with Gasteiger partial charge in [0.1, 0.15) is 5.60 Å². The molecule has 1 aromatic carbocycles. The normalized spacial score (nSPS) is 17.5. The van der Waals surface area contributed by atoms with Gasteiger partial charge in [0.2, 0.25) is 0 Å². The summed E-state index contributed by atoms with van der Waals surface area (Å²) in [5, 5.41) is 0.650. The van der Waals surface area contributed by atoms with Crippen molar-refractivity contribution in [3.8, 4) is 0 Å². The molecule has 0 radical (unpaired) electrons. The molecule has 0 bridgehead atoms. The number of hydrogen-bond acceptors (Lipinski definition) is 5. The van der Waals surface area contributed by atoms with Gasteiger partial charge in [-0.2, -0.15) is 0 Å². The first-order valence-electron chi connectivity index (χ1n) is 7.61. The number of hydroxylamine groups is 1. The van der Waals surface area contributed by atoms with Crippen LogP contribution in [0.1, 0.15) is 25.3 Å². The van der Waals surface area contributed by atoms with Crippen LogP contribution in [0.2, 0.25) is 5.02 Å². The number of carbonyl (C=O) groups excluding carboxylic acids is 1. The number of likely N-dealkylation sites (tertiary alicyclic amines) is 1. The van der Waals surface area contributed by atoms with Crippen molar-refractivity contribution in [2.75, 3.05) is 26.7 Å². The van der Waals surface area contributed by atoms with Crippen LogP contribution in [-0.2, 0) is 14.4 Å². The minimum absolute atomic E-state index is 0.169. The minimum atomic E-state index is -0.403. The fourth-order valence-corrected chi connectivity index (χ4v) is 2.52. The number of carbonyl (C=O) groups is 1. The summed E-state index contributed by atoms with van der Waals surface area (Å²) in [5.41, 5.74) is 3.65. The van der Waals surface area contributed by atoms with E-state index in [1.807, 2.05) is 19.1 Å². The van der Waals surface area contributed by atoms with E-state index in [4.69, 9.17) is 21.2 Å². The molecule has 5 nitrogen and oxygen atoms in total. The van der Waals surface area contributed by atoms with Crippen molar-refractivity contribution < 1.29 is 14.4 Å². The second-order valence-corrected chi connectivity index (χ2v) is 6.54. The van der Waals surface area contributed by atoms with E-state index in [1.54, 1.807) is 12.1 Å². The van der Waals surface area contributed by atoms with Gasteiger partial charge in [-0.3, -0.25) is 10.3 Å². The SMILES string of the molecule is C=C(NOCC(=O)OC1(C)CCN(C)CC1)c1ccc(Cl)cc1. The van der Waals surface area contributed by atoms with Crippen molar-refractivity contribution in [1.29, 1.82) is 0 Å². The molecule has 0 spiro atoms. The molecule has 1 saturated heterocycles. The fraction of sp³-hybridized carbons (Fsp3) is 0.471. The Bertz CT molecular complexity index is 551. The van der Waals surface area contributed by atoms with Crippen LogP contribution < -0.4 is 5.48 Å². The zero-order chi connectivity index (χ0) is 16.9. The molecule has 2 rings (SSSR count). The molecule has 1 heterocycles. The van der Waals surface area contributed by atoms with Crippen LogP contribution in [0, 0.1) is 0 Å². The van der Waals surface area contributed by atoms with Crippen molar-refractivity contribution in [2.24, 2.45) is 0 Å². The van der Waals surface area contributed by atoms with Crippen molar-refractivity contribution in [2.45, 2.75) is 25.4 Å². The van der Waals surface area contributed by atoms with Crippen LogP contribution in [0.25, 0.3) is 5.70 Å². The number of piperidine rings is 1. The average molecular weight is 339 g/mol. The van der Waals surface area contributed by atoms with E-state index in [-0.39, 0.29) is 12.6 Å². The number of rotatable bonds is 6. The van der Waals surface area contributed by atoms with Gasteiger partial charge >= 0.3 is 5.97 Å². The molecule has 23 heavy (non-hydrogen) atoms. The number of esters is 1. The second kappa shape index (κ2) is 7.81. The largest absolute Gasteiger partial charge is 0.457 e. The monoisotopic (exact) mass is 338 g/mol. The lowest BCUT2D eigenvalue weighted by Gasteiger charge is -2.37. The van der Waals surface area contributed by atoms with Gasteiger partial charge in [-0.25, -0.2) is 4.79 Å². The Morgan fingerprint density at radius 3 is 2.57 bits per heavy atom. The molecular formula is C17H23ClN2O3. The van der Waals surface area contributed by atoms with Gasteiger partial charge in [0.25, 0.3) is 0 Å². The van der Waals surface area contributed by atoms with Gasteiger partial charge < -0.3 is 9.64 Å². The molecule has 1 N–H and O–H groups in total. The standard InChI is InChI=1S/C17H23ClN2O3/c1-13(14-4-6-15(18)7-5-14)19-22-12-16(21)23-17(2)8-10-20(3)11-9-17/h4-7,19H,1,8-12H2,2-3H3. The molecule has 0 aliphatic carbocycles. The van der Waals surface area contributed by atoms with Gasteiger partial charge in [0.05, 0.1) is 5.70 Å². The van der Waals surface area contributed by atoms with E-state index >= 15 is 0 Å². The van der Waals surface area contributed by atoms with E-state index in [0.717, 1.165) is 31.5 Å². The van der Waals surface area contributed by atoms with Gasteiger partial charge in [-0.1, -0.05) is 30.3 Å². The predicted molar refractivity (Wildman–Crippen MR) is 90.8 cm³/mol. The zero-order valence-electron chi connectivity index (χ0n) is 13.6. The van der Waals surface area contributed by atoms with Gasteiger partial charge in [0, 0.05) is 18.1 Å². The van der Waals surface area contributed by atoms with Crippen LogP contribution in [0.15, 0.2) is 30.8 Å². The first-order valence-corrected chi connectivity index (χ1v) is 7.99. The minimum Gasteiger partial charge on any atom is -0.457 e.